The summed E-state index contributed by atoms with van der Waals surface area (Å²) in [7, 11) is 0. The van der Waals surface area contributed by atoms with Crippen LogP contribution in [0.1, 0.15) is 30.7 Å². The van der Waals surface area contributed by atoms with E-state index in [9.17, 15) is 0 Å². The first-order valence-electron chi connectivity index (χ1n) is 8.95. The second-order valence-electron chi connectivity index (χ2n) is 6.95. The minimum atomic E-state index is 0.643. The van der Waals surface area contributed by atoms with E-state index in [-0.39, 0.29) is 0 Å². The minimum Gasteiger partial charge on any atom is -0.338 e. The summed E-state index contributed by atoms with van der Waals surface area (Å²) in [6, 6.07) is 29.3. The van der Waals surface area contributed by atoms with Gasteiger partial charge in [0.2, 0.25) is 0 Å². The van der Waals surface area contributed by atoms with E-state index in [0.717, 1.165) is 5.92 Å². The van der Waals surface area contributed by atoms with Crippen LogP contribution >= 0.6 is 0 Å². The maximum absolute atomic E-state index is 2.59. The normalized spacial score (nSPS) is 21.6. The summed E-state index contributed by atoms with van der Waals surface area (Å²) < 4.78 is 0. The van der Waals surface area contributed by atoms with Crippen LogP contribution in [0.4, 0.5) is 11.4 Å². The van der Waals surface area contributed by atoms with E-state index >= 15 is 0 Å². The third-order valence-corrected chi connectivity index (χ3v) is 5.66. The molecule has 1 heterocycles. The van der Waals surface area contributed by atoms with E-state index in [0.29, 0.717) is 6.04 Å². The molecule has 0 saturated heterocycles. The lowest BCUT2D eigenvalue weighted by Crippen LogP contribution is -2.26. The average Bonchev–Trinajstić information content (AvgIpc) is 3.23. The molecule has 5 rings (SSSR count). The molecule has 0 radical (unpaired) electrons. The number of hydrogen-bond acceptors (Lipinski definition) is 1. The number of hydrogen-bond donors (Lipinski definition) is 0. The Morgan fingerprint density at radius 3 is 2.21 bits per heavy atom. The maximum atomic E-state index is 2.59. The summed E-state index contributed by atoms with van der Waals surface area (Å²) in [5.41, 5.74) is 6.86. The third kappa shape index (κ3) is 2.08. The lowest BCUT2D eigenvalue weighted by atomic mass is 9.98. The molecule has 1 aliphatic heterocycles. The van der Waals surface area contributed by atoms with Gasteiger partial charge in [-0.15, -0.1) is 0 Å². The van der Waals surface area contributed by atoms with Gasteiger partial charge in [0, 0.05) is 23.3 Å². The molecule has 1 heteroatoms. The van der Waals surface area contributed by atoms with Crippen molar-refractivity contribution < 1.29 is 0 Å². The molecule has 1 saturated carbocycles. The SMILES string of the molecule is c1ccc(-c2ccc(N3c4ccccc4C4CCCC43)cc2)cc1. The summed E-state index contributed by atoms with van der Waals surface area (Å²) >= 11 is 0. The molecule has 1 aliphatic carbocycles. The molecular weight excluding hydrogens is 290 g/mol. The van der Waals surface area contributed by atoms with Crippen molar-refractivity contribution in [2.75, 3.05) is 4.90 Å². The van der Waals surface area contributed by atoms with E-state index in [4.69, 9.17) is 0 Å². The van der Waals surface area contributed by atoms with Crippen molar-refractivity contribution in [3.05, 3.63) is 84.4 Å². The first-order chi connectivity index (χ1) is 11.9. The Balaban J connectivity index is 1.54. The fraction of sp³-hybridized carbons (Fsp3) is 0.217. The van der Waals surface area contributed by atoms with E-state index in [1.165, 1.54) is 41.8 Å². The number of anilines is 2. The zero-order valence-corrected chi connectivity index (χ0v) is 13.7. The monoisotopic (exact) mass is 311 g/mol. The Kier molecular flexibility index (Phi) is 3.19. The third-order valence-electron chi connectivity index (χ3n) is 5.66. The van der Waals surface area contributed by atoms with E-state index in [1.807, 2.05) is 0 Å². The van der Waals surface area contributed by atoms with Crippen LogP contribution in [0.15, 0.2) is 78.9 Å². The molecule has 0 N–H and O–H groups in total. The highest BCUT2D eigenvalue weighted by atomic mass is 15.2. The van der Waals surface area contributed by atoms with Crippen LogP contribution in [0, 0.1) is 0 Å². The van der Waals surface area contributed by atoms with Crippen LogP contribution in [-0.2, 0) is 0 Å². The molecule has 0 aromatic heterocycles. The predicted molar refractivity (Wildman–Crippen MR) is 101 cm³/mol. The topological polar surface area (TPSA) is 3.24 Å². The van der Waals surface area contributed by atoms with Gasteiger partial charge in [-0.25, -0.2) is 0 Å². The van der Waals surface area contributed by atoms with Crippen LogP contribution < -0.4 is 4.90 Å². The second kappa shape index (κ2) is 5.52. The van der Waals surface area contributed by atoms with Gasteiger partial charge in [0.15, 0.2) is 0 Å². The van der Waals surface area contributed by atoms with E-state index in [2.05, 4.69) is 83.8 Å². The lowest BCUT2D eigenvalue weighted by Gasteiger charge is -2.27. The predicted octanol–water partition coefficient (Wildman–Crippen LogP) is 6.14. The maximum Gasteiger partial charge on any atom is 0.0449 e. The molecule has 24 heavy (non-hydrogen) atoms. The fourth-order valence-corrected chi connectivity index (χ4v) is 4.59. The van der Waals surface area contributed by atoms with Gasteiger partial charge in [0.1, 0.15) is 0 Å². The molecule has 1 nitrogen and oxygen atoms in total. The zero-order chi connectivity index (χ0) is 15.9. The van der Waals surface area contributed by atoms with Crippen LogP contribution in [0.5, 0.6) is 0 Å². The molecule has 0 bridgehead atoms. The average molecular weight is 311 g/mol. The van der Waals surface area contributed by atoms with Crippen molar-refractivity contribution in [3.63, 3.8) is 0 Å². The first kappa shape index (κ1) is 13.9. The smallest absolute Gasteiger partial charge is 0.0449 e. The Labute approximate surface area is 143 Å². The molecule has 118 valence electrons. The molecule has 2 atom stereocenters. The van der Waals surface area contributed by atoms with Crippen molar-refractivity contribution in [3.8, 4) is 11.1 Å². The highest BCUT2D eigenvalue weighted by molar-refractivity contribution is 5.75. The Morgan fingerprint density at radius 2 is 1.38 bits per heavy atom. The Bertz CT molecular complexity index is 851. The van der Waals surface area contributed by atoms with E-state index in [1.54, 1.807) is 5.56 Å². The van der Waals surface area contributed by atoms with Gasteiger partial charge < -0.3 is 4.90 Å². The summed E-state index contributed by atoms with van der Waals surface area (Å²) in [6.07, 6.45) is 3.99. The molecule has 3 aromatic carbocycles. The fourth-order valence-electron chi connectivity index (χ4n) is 4.59. The van der Waals surface area contributed by atoms with Crippen LogP contribution in [0.25, 0.3) is 11.1 Å². The van der Waals surface area contributed by atoms with Gasteiger partial charge in [-0.1, -0.05) is 67.1 Å². The van der Waals surface area contributed by atoms with Crippen molar-refractivity contribution in [1.29, 1.82) is 0 Å². The van der Waals surface area contributed by atoms with Gasteiger partial charge in [-0.05, 0) is 47.7 Å². The highest BCUT2D eigenvalue weighted by Crippen LogP contribution is 2.52. The molecule has 1 fully saturated rings. The summed E-state index contributed by atoms with van der Waals surface area (Å²) in [5.74, 6) is 0.718. The quantitative estimate of drug-likeness (QED) is 0.549. The second-order valence-corrected chi connectivity index (χ2v) is 6.95. The summed E-state index contributed by atoms with van der Waals surface area (Å²) in [6.45, 7) is 0. The lowest BCUT2D eigenvalue weighted by molar-refractivity contribution is 0.642. The molecule has 0 spiro atoms. The van der Waals surface area contributed by atoms with E-state index < -0.39 is 0 Å². The summed E-state index contributed by atoms with van der Waals surface area (Å²) in [4.78, 5) is 2.59. The Morgan fingerprint density at radius 1 is 0.667 bits per heavy atom. The van der Waals surface area contributed by atoms with Gasteiger partial charge in [-0.3, -0.25) is 0 Å². The number of para-hydroxylation sites is 1. The van der Waals surface area contributed by atoms with Gasteiger partial charge in [-0.2, -0.15) is 0 Å². The molecular formula is C23H21N. The van der Waals surface area contributed by atoms with Gasteiger partial charge >= 0.3 is 0 Å². The van der Waals surface area contributed by atoms with Crippen LogP contribution in [0.2, 0.25) is 0 Å². The molecule has 0 amide bonds. The van der Waals surface area contributed by atoms with Crippen molar-refractivity contribution >= 4 is 11.4 Å². The number of rotatable bonds is 2. The van der Waals surface area contributed by atoms with Gasteiger partial charge in [0.25, 0.3) is 0 Å². The van der Waals surface area contributed by atoms with Crippen molar-refractivity contribution in [2.24, 2.45) is 0 Å². The first-order valence-corrected chi connectivity index (χ1v) is 8.95. The number of fused-ring (bicyclic) bond motifs is 3. The molecule has 2 unspecified atom stereocenters. The Hall–Kier alpha value is -2.54. The van der Waals surface area contributed by atoms with Crippen LogP contribution in [0.3, 0.4) is 0 Å². The van der Waals surface area contributed by atoms with Crippen molar-refractivity contribution in [1.82, 2.24) is 0 Å². The van der Waals surface area contributed by atoms with Gasteiger partial charge in [0.05, 0.1) is 0 Å². The van der Waals surface area contributed by atoms with Crippen molar-refractivity contribution in [2.45, 2.75) is 31.2 Å². The molecule has 3 aromatic rings. The number of nitrogens with zero attached hydrogens (tertiary/aromatic N) is 1. The largest absolute Gasteiger partial charge is 0.338 e. The molecule has 2 aliphatic rings. The number of benzene rings is 3. The summed E-state index contributed by atoms with van der Waals surface area (Å²) in [5, 5.41) is 0. The standard InChI is InChI=1S/C23H21N/c1-2-7-17(8-3-1)18-13-15-19(16-14-18)24-22-11-5-4-9-20(22)21-10-6-12-23(21)24/h1-5,7-9,11,13-16,21,23H,6,10,12H2. The zero-order valence-electron chi connectivity index (χ0n) is 13.7. The highest BCUT2D eigenvalue weighted by Gasteiger charge is 2.41. The minimum absolute atomic E-state index is 0.643. The van der Waals surface area contributed by atoms with Crippen LogP contribution in [-0.4, -0.2) is 6.04 Å².